The summed E-state index contributed by atoms with van der Waals surface area (Å²) >= 11 is 0. The minimum Gasteiger partial charge on any atom is -0.487 e. The minimum absolute atomic E-state index is 0.207. The van der Waals surface area contributed by atoms with E-state index in [1.807, 2.05) is 12.1 Å². The van der Waals surface area contributed by atoms with Crippen LogP contribution in [-0.4, -0.2) is 40.6 Å². The van der Waals surface area contributed by atoms with Crippen molar-refractivity contribution in [3.8, 4) is 5.75 Å². The number of nitrogens with zero attached hydrogens (tertiary/aromatic N) is 1. The molecule has 1 aliphatic rings. The molecule has 0 spiro atoms. The number of rotatable bonds is 11. The number of hydrogen-bond donors (Lipinski definition) is 1. The van der Waals surface area contributed by atoms with Gasteiger partial charge in [-0.05, 0) is 71.7 Å². The van der Waals surface area contributed by atoms with Crippen LogP contribution in [0.15, 0.2) is 66.7 Å². The summed E-state index contributed by atoms with van der Waals surface area (Å²) in [6.45, 7) is 6.43. The van der Waals surface area contributed by atoms with Crippen LogP contribution >= 0.6 is 0 Å². The molecule has 1 atom stereocenters. The first-order chi connectivity index (χ1) is 18.1. The molecule has 6 heteroatoms. The quantitative estimate of drug-likeness (QED) is 0.340. The van der Waals surface area contributed by atoms with E-state index in [9.17, 15) is 19.1 Å². The van der Waals surface area contributed by atoms with E-state index in [4.69, 9.17) is 4.74 Å². The number of hydrogen-bond acceptors (Lipinski definition) is 3. The van der Waals surface area contributed by atoms with E-state index < -0.39 is 5.97 Å². The fourth-order valence-electron chi connectivity index (χ4n) is 5.06. The van der Waals surface area contributed by atoms with Gasteiger partial charge in [-0.3, -0.25) is 9.59 Å². The van der Waals surface area contributed by atoms with Crippen molar-refractivity contribution >= 4 is 11.9 Å². The van der Waals surface area contributed by atoms with Crippen LogP contribution in [0.25, 0.3) is 0 Å². The monoisotopic (exact) mass is 517 g/mol. The van der Waals surface area contributed by atoms with Gasteiger partial charge in [0.2, 0.25) is 5.91 Å². The first kappa shape index (κ1) is 27.4. The summed E-state index contributed by atoms with van der Waals surface area (Å²) in [6, 6.07) is 20.8. The van der Waals surface area contributed by atoms with Crippen LogP contribution in [0.4, 0.5) is 4.39 Å². The SMILES string of the molecule is CC(C)c1ccc(C[C@@]2(C)Cc3cc(CCC(=O)N(CCc4ccc(F)cc4)CC(=O)O)ccc3O2)cc1. The second-order valence-electron chi connectivity index (χ2n) is 10.8. The van der Waals surface area contributed by atoms with Crippen LogP contribution in [0.2, 0.25) is 0 Å². The summed E-state index contributed by atoms with van der Waals surface area (Å²) in [4.78, 5) is 25.6. The molecule has 1 aliphatic heterocycles. The van der Waals surface area contributed by atoms with E-state index in [-0.39, 0.29) is 36.8 Å². The van der Waals surface area contributed by atoms with Crippen LogP contribution in [-0.2, 0) is 35.3 Å². The number of ether oxygens (including phenoxy) is 1. The number of fused-ring (bicyclic) bond motifs is 1. The molecule has 200 valence electrons. The smallest absolute Gasteiger partial charge is 0.323 e. The molecular formula is C32H36FNO4. The van der Waals surface area contributed by atoms with Crippen molar-refractivity contribution in [1.82, 2.24) is 4.90 Å². The lowest BCUT2D eigenvalue weighted by Crippen LogP contribution is -2.37. The second kappa shape index (κ2) is 11.8. The van der Waals surface area contributed by atoms with E-state index in [2.05, 4.69) is 51.1 Å². The number of aryl methyl sites for hydroxylation is 1. The fourth-order valence-corrected chi connectivity index (χ4v) is 5.06. The molecule has 38 heavy (non-hydrogen) atoms. The van der Waals surface area contributed by atoms with Gasteiger partial charge in [-0.25, -0.2) is 4.39 Å². The van der Waals surface area contributed by atoms with E-state index >= 15 is 0 Å². The van der Waals surface area contributed by atoms with Crippen LogP contribution in [0, 0.1) is 5.82 Å². The molecule has 1 heterocycles. The number of amides is 1. The zero-order valence-corrected chi connectivity index (χ0v) is 22.4. The van der Waals surface area contributed by atoms with Gasteiger partial charge in [0.05, 0.1) is 0 Å². The van der Waals surface area contributed by atoms with Crippen molar-refractivity contribution in [2.24, 2.45) is 0 Å². The van der Waals surface area contributed by atoms with Crippen molar-refractivity contribution in [2.45, 2.75) is 64.4 Å². The highest BCUT2D eigenvalue weighted by Gasteiger charge is 2.35. The maximum Gasteiger partial charge on any atom is 0.323 e. The molecule has 0 aliphatic carbocycles. The van der Waals surface area contributed by atoms with Gasteiger partial charge in [-0.15, -0.1) is 0 Å². The molecular weight excluding hydrogens is 481 g/mol. The Labute approximate surface area is 224 Å². The molecule has 5 nitrogen and oxygen atoms in total. The molecule has 0 aromatic heterocycles. The third-order valence-corrected chi connectivity index (χ3v) is 7.16. The molecule has 0 bridgehead atoms. The second-order valence-corrected chi connectivity index (χ2v) is 10.8. The molecule has 4 rings (SSSR count). The average molecular weight is 518 g/mol. The summed E-state index contributed by atoms with van der Waals surface area (Å²) in [7, 11) is 0. The zero-order chi connectivity index (χ0) is 27.3. The van der Waals surface area contributed by atoms with Gasteiger partial charge < -0.3 is 14.7 Å². The third-order valence-electron chi connectivity index (χ3n) is 7.16. The van der Waals surface area contributed by atoms with E-state index in [1.54, 1.807) is 12.1 Å². The first-order valence-corrected chi connectivity index (χ1v) is 13.2. The van der Waals surface area contributed by atoms with Crippen molar-refractivity contribution in [2.75, 3.05) is 13.1 Å². The molecule has 0 fully saturated rings. The van der Waals surface area contributed by atoms with Gasteiger partial charge in [0.15, 0.2) is 0 Å². The molecule has 3 aromatic carbocycles. The third kappa shape index (κ3) is 7.21. The Hall–Kier alpha value is -3.67. The van der Waals surface area contributed by atoms with Gasteiger partial charge in [-0.1, -0.05) is 62.4 Å². The van der Waals surface area contributed by atoms with Crippen molar-refractivity contribution < 1.29 is 23.8 Å². The Morgan fingerprint density at radius 3 is 2.29 bits per heavy atom. The number of halogens is 1. The molecule has 1 N–H and O–H groups in total. The normalized spacial score (nSPS) is 16.2. The van der Waals surface area contributed by atoms with Crippen molar-refractivity contribution in [3.63, 3.8) is 0 Å². The molecule has 1 amide bonds. The van der Waals surface area contributed by atoms with Crippen LogP contribution in [0.3, 0.4) is 0 Å². The highest BCUT2D eigenvalue weighted by molar-refractivity contribution is 5.81. The van der Waals surface area contributed by atoms with Gasteiger partial charge in [0.25, 0.3) is 0 Å². The largest absolute Gasteiger partial charge is 0.487 e. The summed E-state index contributed by atoms with van der Waals surface area (Å²) in [5.41, 5.74) is 5.26. The number of aliphatic carboxylic acids is 1. The number of carboxylic acid groups (broad SMARTS) is 1. The van der Waals surface area contributed by atoms with Gasteiger partial charge in [0.1, 0.15) is 23.7 Å². The number of carboxylic acids is 1. The molecule has 3 aromatic rings. The Morgan fingerprint density at radius 2 is 1.63 bits per heavy atom. The predicted molar refractivity (Wildman–Crippen MR) is 146 cm³/mol. The lowest BCUT2D eigenvalue weighted by Gasteiger charge is -2.24. The topological polar surface area (TPSA) is 66.8 Å². The van der Waals surface area contributed by atoms with Crippen LogP contribution in [0.1, 0.15) is 60.9 Å². The highest BCUT2D eigenvalue weighted by atomic mass is 19.1. The first-order valence-electron chi connectivity index (χ1n) is 13.2. The Balaban J connectivity index is 1.34. The van der Waals surface area contributed by atoms with Gasteiger partial charge in [0, 0.05) is 25.8 Å². The molecule has 0 radical (unpaired) electrons. The number of carbonyl (C=O) groups is 2. The Kier molecular flexibility index (Phi) is 8.50. The Morgan fingerprint density at radius 1 is 0.974 bits per heavy atom. The number of carbonyl (C=O) groups excluding carboxylic acids is 1. The summed E-state index contributed by atoms with van der Waals surface area (Å²) in [5.74, 6) is -0.199. The molecule has 0 saturated heterocycles. The molecule has 0 unspecified atom stereocenters. The van der Waals surface area contributed by atoms with Gasteiger partial charge in [-0.2, -0.15) is 0 Å². The van der Waals surface area contributed by atoms with E-state index in [1.165, 1.54) is 28.2 Å². The minimum atomic E-state index is -1.05. The highest BCUT2D eigenvalue weighted by Crippen LogP contribution is 2.37. The van der Waals surface area contributed by atoms with Crippen molar-refractivity contribution in [3.05, 3.63) is 100 Å². The Bertz CT molecular complexity index is 1270. The van der Waals surface area contributed by atoms with Gasteiger partial charge >= 0.3 is 5.97 Å². The van der Waals surface area contributed by atoms with Crippen LogP contribution < -0.4 is 4.74 Å². The van der Waals surface area contributed by atoms with E-state index in [0.29, 0.717) is 18.8 Å². The predicted octanol–water partition coefficient (Wildman–Crippen LogP) is 5.97. The van der Waals surface area contributed by atoms with E-state index in [0.717, 1.165) is 35.3 Å². The average Bonchev–Trinajstić information content (AvgIpc) is 3.21. The summed E-state index contributed by atoms with van der Waals surface area (Å²) < 4.78 is 19.5. The van der Waals surface area contributed by atoms with Crippen LogP contribution in [0.5, 0.6) is 5.75 Å². The number of benzene rings is 3. The lowest BCUT2D eigenvalue weighted by molar-refractivity contribution is -0.144. The summed E-state index contributed by atoms with van der Waals surface area (Å²) in [5, 5.41) is 9.29. The molecule has 0 saturated carbocycles. The summed E-state index contributed by atoms with van der Waals surface area (Å²) in [6.07, 6.45) is 2.81. The maximum atomic E-state index is 13.2. The standard InChI is InChI=1S/C32H36FNO4/c1-22(2)26-10-4-25(5-11-26)19-32(3)20-27-18-24(8-14-29(27)38-32)9-15-30(35)34(21-31(36)37)17-16-23-6-12-28(33)13-7-23/h4-8,10-14,18,22H,9,15-17,19-21H2,1-3H3,(H,36,37)/t32-/m0/s1. The van der Waals surface area contributed by atoms with Crippen molar-refractivity contribution in [1.29, 1.82) is 0 Å². The lowest BCUT2D eigenvalue weighted by atomic mass is 9.90. The fraction of sp³-hybridized carbons (Fsp3) is 0.375. The maximum absolute atomic E-state index is 13.2. The zero-order valence-electron chi connectivity index (χ0n) is 22.4.